The molecule has 1 heterocycles. The minimum absolute atomic E-state index is 0.0293. The fourth-order valence-corrected chi connectivity index (χ4v) is 3.01. The second kappa shape index (κ2) is 9.28. The van der Waals surface area contributed by atoms with E-state index in [4.69, 9.17) is 4.74 Å². The van der Waals surface area contributed by atoms with Crippen LogP contribution in [0.15, 0.2) is 53.3 Å². The number of rotatable bonds is 8. The first-order valence-corrected chi connectivity index (χ1v) is 9.74. The molecule has 1 N–H and O–H groups in total. The molecule has 0 unspecified atom stereocenters. The number of ether oxygens (including phenoxy) is 1. The number of hydrogen-bond acceptors (Lipinski definition) is 5. The van der Waals surface area contributed by atoms with E-state index in [1.54, 1.807) is 36.4 Å². The summed E-state index contributed by atoms with van der Waals surface area (Å²) < 4.78 is 5.09. The number of aryl methyl sites for hydroxylation is 1. The molecule has 0 amide bonds. The van der Waals surface area contributed by atoms with Crippen LogP contribution in [0.5, 0.6) is 0 Å². The fraction of sp³-hybridized carbons (Fsp3) is 0.304. The van der Waals surface area contributed by atoms with Gasteiger partial charge in [-0.1, -0.05) is 50.2 Å². The van der Waals surface area contributed by atoms with Gasteiger partial charge < -0.3 is 9.72 Å². The van der Waals surface area contributed by atoms with Crippen molar-refractivity contribution in [2.75, 3.05) is 6.61 Å². The zero-order valence-electron chi connectivity index (χ0n) is 16.6. The third-order valence-electron chi connectivity index (χ3n) is 5.01. The van der Waals surface area contributed by atoms with Crippen molar-refractivity contribution in [1.82, 2.24) is 9.97 Å². The van der Waals surface area contributed by atoms with Gasteiger partial charge in [0.25, 0.3) is 5.56 Å². The maximum atomic E-state index is 12.2. The highest BCUT2D eigenvalue weighted by Crippen LogP contribution is 2.19. The van der Waals surface area contributed by atoms with E-state index in [-0.39, 0.29) is 30.8 Å². The standard InChI is InChI=1S/C23H24N2O4/c1-3-15(2)16-8-10-17(11-9-16)20(26)14-29-22(27)13-12-21-24-19-7-5-4-6-18(19)23(28)25-21/h4-11,15H,3,12-14H2,1-2H3,(H,24,25,28)/t15-/m1/s1. The molecule has 29 heavy (non-hydrogen) atoms. The Hall–Kier alpha value is -3.28. The molecule has 6 nitrogen and oxygen atoms in total. The summed E-state index contributed by atoms with van der Waals surface area (Å²) in [5.41, 5.74) is 2.04. The number of Topliss-reactive ketones (excluding diaryl/α,β-unsaturated/α-hetero) is 1. The smallest absolute Gasteiger partial charge is 0.306 e. The van der Waals surface area contributed by atoms with Crippen LogP contribution in [0.25, 0.3) is 10.9 Å². The summed E-state index contributed by atoms with van der Waals surface area (Å²) in [6, 6.07) is 14.4. The van der Waals surface area contributed by atoms with Crippen LogP contribution in [-0.4, -0.2) is 28.3 Å². The molecule has 0 aliphatic heterocycles. The van der Waals surface area contributed by atoms with E-state index in [2.05, 4.69) is 23.8 Å². The summed E-state index contributed by atoms with van der Waals surface area (Å²) in [6.45, 7) is 3.95. The zero-order valence-corrected chi connectivity index (χ0v) is 16.6. The van der Waals surface area contributed by atoms with Crippen LogP contribution in [0.1, 0.15) is 54.4 Å². The van der Waals surface area contributed by atoms with Gasteiger partial charge in [-0.15, -0.1) is 0 Å². The summed E-state index contributed by atoms with van der Waals surface area (Å²) >= 11 is 0. The quantitative estimate of drug-likeness (QED) is 0.465. The molecule has 0 fully saturated rings. The predicted molar refractivity (Wildman–Crippen MR) is 111 cm³/mol. The number of benzene rings is 2. The van der Waals surface area contributed by atoms with Gasteiger partial charge in [0, 0.05) is 12.0 Å². The zero-order chi connectivity index (χ0) is 20.8. The van der Waals surface area contributed by atoms with E-state index >= 15 is 0 Å². The third kappa shape index (κ3) is 5.16. The Balaban J connectivity index is 1.52. The average molecular weight is 392 g/mol. The summed E-state index contributed by atoms with van der Waals surface area (Å²) in [5.74, 6) is 0.0985. The van der Waals surface area contributed by atoms with Crippen molar-refractivity contribution in [3.63, 3.8) is 0 Å². The number of nitrogens with zero attached hydrogens (tertiary/aromatic N) is 1. The Morgan fingerprint density at radius 2 is 1.83 bits per heavy atom. The van der Waals surface area contributed by atoms with Crippen LogP contribution in [0, 0.1) is 0 Å². The van der Waals surface area contributed by atoms with Gasteiger partial charge in [-0.3, -0.25) is 14.4 Å². The molecule has 1 atom stereocenters. The van der Waals surface area contributed by atoms with Gasteiger partial charge in [0.1, 0.15) is 5.82 Å². The Bertz CT molecular complexity index is 1070. The number of aromatic nitrogens is 2. The molecule has 1 aromatic heterocycles. The van der Waals surface area contributed by atoms with Crippen molar-refractivity contribution in [3.8, 4) is 0 Å². The molecule has 3 aromatic rings. The molecular formula is C23H24N2O4. The largest absolute Gasteiger partial charge is 0.457 e. The molecule has 0 saturated carbocycles. The van der Waals surface area contributed by atoms with Gasteiger partial charge in [-0.2, -0.15) is 0 Å². The van der Waals surface area contributed by atoms with Gasteiger partial charge in [0.2, 0.25) is 0 Å². The van der Waals surface area contributed by atoms with E-state index < -0.39 is 5.97 Å². The number of nitrogens with one attached hydrogen (secondary N) is 1. The molecule has 2 aromatic carbocycles. The molecule has 0 aliphatic rings. The van der Waals surface area contributed by atoms with E-state index in [9.17, 15) is 14.4 Å². The summed E-state index contributed by atoms with van der Waals surface area (Å²) in [7, 11) is 0. The highest BCUT2D eigenvalue weighted by Gasteiger charge is 2.12. The van der Waals surface area contributed by atoms with Crippen LogP contribution >= 0.6 is 0 Å². The number of carbonyl (C=O) groups is 2. The van der Waals surface area contributed by atoms with Gasteiger partial charge in [0.15, 0.2) is 12.4 Å². The molecule has 0 radical (unpaired) electrons. The minimum Gasteiger partial charge on any atom is -0.457 e. The molecule has 0 saturated heterocycles. The summed E-state index contributed by atoms with van der Waals surface area (Å²) in [5, 5.41) is 0.503. The fourth-order valence-electron chi connectivity index (χ4n) is 3.01. The van der Waals surface area contributed by atoms with E-state index in [0.29, 0.717) is 28.2 Å². The van der Waals surface area contributed by atoms with E-state index in [0.717, 1.165) is 6.42 Å². The maximum absolute atomic E-state index is 12.2. The van der Waals surface area contributed by atoms with Crippen LogP contribution in [0.2, 0.25) is 0 Å². The number of esters is 1. The van der Waals surface area contributed by atoms with Crippen molar-refractivity contribution >= 4 is 22.7 Å². The highest BCUT2D eigenvalue weighted by atomic mass is 16.5. The lowest BCUT2D eigenvalue weighted by atomic mass is 9.97. The Labute approximate surface area is 168 Å². The van der Waals surface area contributed by atoms with Crippen molar-refractivity contribution in [3.05, 3.63) is 75.8 Å². The molecule has 0 spiro atoms. The Kier molecular flexibility index (Phi) is 6.54. The van der Waals surface area contributed by atoms with Crippen molar-refractivity contribution in [2.45, 2.75) is 39.0 Å². The first-order valence-electron chi connectivity index (χ1n) is 9.74. The van der Waals surface area contributed by atoms with Crippen LogP contribution in [0.4, 0.5) is 0 Å². The van der Waals surface area contributed by atoms with E-state index in [1.165, 1.54) is 5.56 Å². The first-order chi connectivity index (χ1) is 14.0. The lowest BCUT2D eigenvalue weighted by Gasteiger charge is -2.09. The minimum atomic E-state index is -0.509. The molecule has 0 bridgehead atoms. The number of H-pyrrole nitrogens is 1. The van der Waals surface area contributed by atoms with Gasteiger partial charge in [0.05, 0.1) is 17.3 Å². The average Bonchev–Trinajstić information content (AvgIpc) is 2.75. The summed E-state index contributed by atoms with van der Waals surface area (Å²) in [4.78, 5) is 43.3. The number of fused-ring (bicyclic) bond motifs is 1. The maximum Gasteiger partial charge on any atom is 0.306 e. The van der Waals surface area contributed by atoms with Gasteiger partial charge >= 0.3 is 5.97 Å². The lowest BCUT2D eigenvalue weighted by Crippen LogP contribution is -2.16. The van der Waals surface area contributed by atoms with Crippen molar-refractivity contribution < 1.29 is 14.3 Å². The van der Waals surface area contributed by atoms with Gasteiger partial charge in [-0.25, -0.2) is 4.98 Å². The van der Waals surface area contributed by atoms with Crippen LogP contribution in [0.3, 0.4) is 0 Å². The number of para-hydroxylation sites is 1. The van der Waals surface area contributed by atoms with Crippen molar-refractivity contribution in [1.29, 1.82) is 0 Å². The topological polar surface area (TPSA) is 89.1 Å². The molecule has 3 rings (SSSR count). The molecule has 150 valence electrons. The molecule has 6 heteroatoms. The highest BCUT2D eigenvalue weighted by molar-refractivity contribution is 5.98. The normalized spacial score (nSPS) is 11.9. The van der Waals surface area contributed by atoms with E-state index in [1.807, 2.05) is 12.1 Å². The number of carbonyl (C=O) groups excluding carboxylic acids is 2. The predicted octanol–water partition coefficient (Wildman–Crippen LogP) is 3.80. The third-order valence-corrected chi connectivity index (χ3v) is 5.01. The van der Waals surface area contributed by atoms with Crippen LogP contribution < -0.4 is 5.56 Å². The SMILES string of the molecule is CC[C@@H](C)c1ccc(C(=O)COC(=O)CCc2nc3ccccc3c(=O)[nH]2)cc1. The Morgan fingerprint density at radius 1 is 1.10 bits per heavy atom. The molecule has 0 aliphatic carbocycles. The number of hydrogen-bond donors (Lipinski definition) is 1. The Morgan fingerprint density at radius 3 is 2.55 bits per heavy atom. The molecular weight excluding hydrogens is 368 g/mol. The second-order valence-corrected chi connectivity index (χ2v) is 7.04. The summed E-state index contributed by atoms with van der Waals surface area (Å²) in [6.07, 6.45) is 1.29. The van der Waals surface area contributed by atoms with Gasteiger partial charge in [-0.05, 0) is 30.0 Å². The second-order valence-electron chi connectivity index (χ2n) is 7.04. The lowest BCUT2D eigenvalue weighted by molar-refractivity contribution is -0.142. The first kappa shape index (κ1) is 20.5. The monoisotopic (exact) mass is 392 g/mol. The van der Waals surface area contributed by atoms with Crippen molar-refractivity contribution in [2.24, 2.45) is 0 Å². The number of aromatic amines is 1. The number of ketones is 1. The van der Waals surface area contributed by atoms with Crippen LogP contribution in [-0.2, 0) is 16.0 Å².